The number of rotatable bonds is 9. The summed E-state index contributed by atoms with van der Waals surface area (Å²) in [5, 5.41) is 3.32. The molecule has 3 aromatic rings. The van der Waals surface area contributed by atoms with Crippen molar-refractivity contribution in [2.75, 3.05) is 12.4 Å². The van der Waals surface area contributed by atoms with Gasteiger partial charge >= 0.3 is 0 Å². The minimum Gasteiger partial charge on any atom is -0.495 e. The van der Waals surface area contributed by atoms with Gasteiger partial charge < -0.3 is 20.5 Å². The topological polar surface area (TPSA) is 104 Å². The number of methoxy groups -OCH3 is 1. The number of nitrogens with one attached hydrogen (secondary N) is 1. The Balaban J connectivity index is 1.54. The molecule has 0 saturated carbocycles. The largest absolute Gasteiger partial charge is 0.495 e. The van der Waals surface area contributed by atoms with E-state index in [2.05, 4.69) is 10.3 Å². The number of carbonyl (C=O) groups is 2. The third-order valence-electron chi connectivity index (χ3n) is 4.46. The molecule has 1 heterocycles. The molecule has 0 aliphatic carbocycles. The summed E-state index contributed by atoms with van der Waals surface area (Å²) in [4.78, 5) is 27.4. The van der Waals surface area contributed by atoms with Crippen LogP contribution in [0.15, 0.2) is 60.8 Å². The third-order valence-corrected chi connectivity index (χ3v) is 4.77. The Morgan fingerprint density at radius 3 is 2.71 bits per heavy atom. The van der Waals surface area contributed by atoms with Gasteiger partial charge in [0.25, 0.3) is 5.91 Å². The first-order valence-corrected chi connectivity index (χ1v) is 9.92. The number of carbonyl (C=O) groups excluding carboxylic acids is 2. The predicted octanol–water partition coefficient (Wildman–Crippen LogP) is 3.99. The van der Waals surface area contributed by atoms with E-state index >= 15 is 0 Å². The molecule has 31 heavy (non-hydrogen) atoms. The molecule has 0 bridgehead atoms. The summed E-state index contributed by atoms with van der Waals surface area (Å²) < 4.78 is 11.0. The van der Waals surface area contributed by atoms with Gasteiger partial charge in [0, 0.05) is 24.4 Å². The van der Waals surface area contributed by atoms with Crippen LogP contribution in [0.5, 0.6) is 11.5 Å². The molecule has 160 valence electrons. The van der Waals surface area contributed by atoms with Crippen molar-refractivity contribution in [3.05, 3.63) is 82.6 Å². The van der Waals surface area contributed by atoms with Gasteiger partial charge in [-0.15, -0.1) is 0 Å². The molecule has 0 aliphatic heterocycles. The van der Waals surface area contributed by atoms with Crippen molar-refractivity contribution in [3.8, 4) is 11.5 Å². The highest BCUT2D eigenvalue weighted by molar-refractivity contribution is 6.32. The van der Waals surface area contributed by atoms with E-state index in [1.165, 1.54) is 13.3 Å². The molecular weight excluding hydrogens is 418 g/mol. The maximum Gasteiger partial charge on any atom is 0.267 e. The lowest BCUT2D eigenvalue weighted by molar-refractivity contribution is -0.116. The molecule has 0 radical (unpaired) electrons. The van der Waals surface area contributed by atoms with Crippen molar-refractivity contribution in [3.63, 3.8) is 0 Å². The van der Waals surface area contributed by atoms with Crippen molar-refractivity contribution < 1.29 is 19.1 Å². The van der Waals surface area contributed by atoms with Crippen LogP contribution in [0.4, 0.5) is 5.69 Å². The van der Waals surface area contributed by atoms with Crippen LogP contribution < -0.4 is 20.5 Å². The monoisotopic (exact) mass is 439 g/mol. The minimum absolute atomic E-state index is 0.119. The summed E-state index contributed by atoms with van der Waals surface area (Å²) in [6.07, 6.45) is 2.37. The zero-order valence-electron chi connectivity index (χ0n) is 16.9. The number of halogens is 1. The Kier molecular flexibility index (Phi) is 7.45. The number of aromatic nitrogens is 1. The van der Waals surface area contributed by atoms with Crippen molar-refractivity contribution >= 4 is 29.1 Å². The van der Waals surface area contributed by atoms with Gasteiger partial charge in [-0.3, -0.25) is 14.6 Å². The Morgan fingerprint density at radius 2 is 1.94 bits per heavy atom. The van der Waals surface area contributed by atoms with Crippen LogP contribution >= 0.6 is 11.6 Å². The number of primary amides is 1. The first-order valence-electron chi connectivity index (χ1n) is 9.54. The van der Waals surface area contributed by atoms with Crippen molar-refractivity contribution in [2.45, 2.75) is 19.4 Å². The molecule has 8 heteroatoms. The zero-order valence-corrected chi connectivity index (χ0v) is 17.7. The number of anilines is 1. The van der Waals surface area contributed by atoms with Crippen LogP contribution in [0.25, 0.3) is 0 Å². The normalized spacial score (nSPS) is 10.4. The molecule has 0 fully saturated rings. The van der Waals surface area contributed by atoms with Gasteiger partial charge in [-0.25, -0.2) is 0 Å². The fourth-order valence-corrected chi connectivity index (χ4v) is 3.07. The smallest absolute Gasteiger partial charge is 0.267 e. The summed E-state index contributed by atoms with van der Waals surface area (Å²) >= 11 is 6.00. The van der Waals surface area contributed by atoms with Gasteiger partial charge in [0.15, 0.2) is 0 Å². The van der Waals surface area contributed by atoms with E-state index in [4.69, 9.17) is 26.8 Å². The molecular formula is C23H22ClN3O4. The predicted molar refractivity (Wildman–Crippen MR) is 118 cm³/mol. The number of nitrogens with two attached hydrogens (primary N) is 1. The van der Waals surface area contributed by atoms with E-state index in [1.807, 2.05) is 24.3 Å². The zero-order chi connectivity index (χ0) is 22.2. The number of benzene rings is 2. The van der Waals surface area contributed by atoms with Crippen LogP contribution in [0, 0.1) is 0 Å². The first-order chi connectivity index (χ1) is 14.9. The number of pyridine rings is 1. The highest BCUT2D eigenvalue weighted by Gasteiger charge is 2.08. The first kappa shape index (κ1) is 22.1. The third kappa shape index (κ3) is 6.45. The highest BCUT2D eigenvalue weighted by atomic mass is 35.5. The summed E-state index contributed by atoms with van der Waals surface area (Å²) in [5.41, 5.74) is 7.82. The van der Waals surface area contributed by atoms with E-state index in [0.29, 0.717) is 35.1 Å². The van der Waals surface area contributed by atoms with Gasteiger partial charge in [0.1, 0.15) is 23.8 Å². The number of hydrogen-bond donors (Lipinski definition) is 2. The molecule has 3 N–H and O–H groups in total. The molecule has 0 unspecified atom stereocenters. The lowest BCUT2D eigenvalue weighted by atomic mass is 10.1. The average Bonchev–Trinajstić information content (AvgIpc) is 2.78. The van der Waals surface area contributed by atoms with Gasteiger partial charge in [-0.2, -0.15) is 0 Å². The van der Waals surface area contributed by atoms with Crippen molar-refractivity contribution in [2.24, 2.45) is 5.73 Å². The maximum absolute atomic E-state index is 12.3. The van der Waals surface area contributed by atoms with E-state index in [1.54, 1.807) is 30.3 Å². The van der Waals surface area contributed by atoms with Gasteiger partial charge in [0.05, 0.1) is 12.1 Å². The number of aryl methyl sites for hydroxylation is 1. The lowest BCUT2D eigenvalue weighted by Crippen LogP contribution is -2.13. The van der Waals surface area contributed by atoms with Crippen LogP contribution in [0.3, 0.4) is 0 Å². The molecule has 0 atom stereocenters. The summed E-state index contributed by atoms with van der Waals surface area (Å²) in [6.45, 7) is 0.269. The van der Waals surface area contributed by atoms with E-state index in [-0.39, 0.29) is 18.2 Å². The van der Waals surface area contributed by atoms with Gasteiger partial charge in [0.2, 0.25) is 5.91 Å². The minimum atomic E-state index is -0.584. The average molecular weight is 440 g/mol. The SMILES string of the molecule is COc1cc(NC(=O)CCc2cccc(OCc3ccnc(C(N)=O)c3)c2)ccc1Cl. The Hall–Kier alpha value is -3.58. The van der Waals surface area contributed by atoms with E-state index in [9.17, 15) is 9.59 Å². The molecule has 3 rings (SSSR count). The van der Waals surface area contributed by atoms with Crippen LogP contribution in [-0.2, 0) is 17.8 Å². The second-order valence-electron chi connectivity index (χ2n) is 6.75. The van der Waals surface area contributed by atoms with Crippen molar-refractivity contribution in [1.29, 1.82) is 0 Å². The Labute approximate surface area is 185 Å². The highest BCUT2D eigenvalue weighted by Crippen LogP contribution is 2.27. The summed E-state index contributed by atoms with van der Waals surface area (Å²) in [7, 11) is 1.52. The second kappa shape index (κ2) is 10.4. The number of hydrogen-bond acceptors (Lipinski definition) is 5. The van der Waals surface area contributed by atoms with Crippen molar-refractivity contribution in [1.82, 2.24) is 4.98 Å². The molecule has 2 amide bonds. The summed E-state index contributed by atoms with van der Waals surface area (Å²) in [5.74, 6) is 0.463. The molecule has 0 aliphatic rings. The summed E-state index contributed by atoms with van der Waals surface area (Å²) in [6, 6.07) is 15.9. The molecule has 2 aromatic carbocycles. The van der Waals surface area contributed by atoms with Gasteiger partial charge in [-0.05, 0) is 53.9 Å². The number of amides is 2. The van der Waals surface area contributed by atoms with E-state index < -0.39 is 5.91 Å². The fraction of sp³-hybridized carbons (Fsp3) is 0.174. The fourth-order valence-electron chi connectivity index (χ4n) is 2.88. The maximum atomic E-state index is 12.3. The molecule has 7 nitrogen and oxygen atoms in total. The van der Waals surface area contributed by atoms with E-state index in [0.717, 1.165) is 11.1 Å². The van der Waals surface area contributed by atoms with Crippen LogP contribution in [0.1, 0.15) is 28.0 Å². The van der Waals surface area contributed by atoms with Gasteiger partial charge in [-0.1, -0.05) is 23.7 Å². The standard InChI is InChI=1S/C23H22ClN3O4/c1-30-21-13-17(6-7-19(21)24)27-22(28)8-5-15-3-2-4-18(11-15)31-14-16-9-10-26-20(12-16)23(25)29/h2-4,6-7,9-13H,5,8,14H2,1H3,(H2,25,29)(H,27,28). The molecule has 0 saturated heterocycles. The quantitative estimate of drug-likeness (QED) is 0.524. The van der Waals surface area contributed by atoms with Crippen LogP contribution in [0.2, 0.25) is 5.02 Å². The second-order valence-corrected chi connectivity index (χ2v) is 7.15. The molecule has 1 aromatic heterocycles. The molecule has 0 spiro atoms. The number of ether oxygens (including phenoxy) is 2. The van der Waals surface area contributed by atoms with Crippen LogP contribution in [-0.4, -0.2) is 23.9 Å². The number of nitrogens with zero attached hydrogens (tertiary/aromatic N) is 1. The lowest BCUT2D eigenvalue weighted by Gasteiger charge is -2.10. The Bertz CT molecular complexity index is 1090. The Morgan fingerprint density at radius 1 is 1.10 bits per heavy atom.